The Bertz CT molecular complexity index is 377. The van der Waals surface area contributed by atoms with Gasteiger partial charge in [0.05, 0.1) is 6.42 Å². The lowest BCUT2D eigenvalue weighted by atomic mass is 10.2. The molecule has 0 aliphatic carbocycles. The van der Waals surface area contributed by atoms with Gasteiger partial charge in [0, 0.05) is 36.9 Å². The topological polar surface area (TPSA) is 51.0 Å². The normalized spacial score (nSPS) is 21.2. The van der Waals surface area contributed by atoms with Crippen molar-refractivity contribution >= 4 is 11.8 Å². The van der Waals surface area contributed by atoms with Crippen LogP contribution in [0.1, 0.15) is 18.1 Å². The molecule has 1 aliphatic rings. The van der Waals surface area contributed by atoms with Crippen LogP contribution in [0.5, 0.6) is 0 Å². The van der Waals surface area contributed by atoms with E-state index >= 15 is 0 Å². The van der Waals surface area contributed by atoms with Crippen LogP contribution in [0, 0.1) is 0 Å². The molecule has 0 radical (unpaired) electrons. The maximum Gasteiger partial charge on any atom is 0.389 e. The molecule has 2 heterocycles. The predicted octanol–water partition coefficient (Wildman–Crippen LogP) is 1.81. The first kappa shape index (κ1) is 13.7. The molecule has 1 atom stereocenters. The third-order valence-electron chi connectivity index (χ3n) is 2.56. The molecule has 1 aliphatic heterocycles. The molecule has 1 saturated heterocycles. The van der Waals surface area contributed by atoms with Crippen molar-refractivity contribution in [1.82, 2.24) is 15.5 Å². The molecular formula is C10H14F3N3OS. The van der Waals surface area contributed by atoms with Crippen molar-refractivity contribution < 1.29 is 17.7 Å². The Morgan fingerprint density at radius 3 is 2.94 bits per heavy atom. The molecule has 2 rings (SSSR count). The van der Waals surface area contributed by atoms with Crippen molar-refractivity contribution in [3.8, 4) is 0 Å². The number of thioether (sulfide) groups is 1. The molecule has 0 saturated carbocycles. The quantitative estimate of drug-likeness (QED) is 0.912. The summed E-state index contributed by atoms with van der Waals surface area (Å²) in [6.45, 7) is 0.935. The summed E-state index contributed by atoms with van der Waals surface area (Å²) in [7, 11) is 0. The third-order valence-corrected chi connectivity index (χ3v) is 3.69. The second-order valence-electron chi connectivity index (χ2n) is 4.15. The Morgan fingerprint density at radius 1 is 1.44 bits per heavy atom. The fourth-order valence-electron chi connectivity index (χ4n) is 1.69. The average molecular weight is 281 g/mol. The predicted molar refractivity (Wildman–Crippen MR) is 61.5 cm³/mol. The van der Waals surface area contributed by atoms with E-state index in [2.05, 4.69) is 15.5 Å². The maximum absolute atomic E-state index is 12.0. The second kappa shape index (κ2) is 5.92. The lowest BCUT2D eigenvalue weighted by Gasteiger charge is -2.21. The SMILES string of the molecule is FC(F)(F)CCc1noc(CC2CSCCN2)n1. The number of aryl methyl sites for hydroxylation is 1. The van der Waals surface area contributed by atoms with E-state index < -0.39 is 12.6 Å². The van der Waals surface area contributed by atoms with Crippen molar-refractivity contribution in [3.63, 3.8) is 0 Å². The van der Waals surface area contributed by atoms with Crippen molar-refractivity contribution in [3.05, 3.63) is 11.7 Å². The second-order valence-corrected chi connectivity index (χ2v) is 5.30. The first-order chi connectivity index (χ1) is 8.53. The van der Waals surface area contributed by atoms with E-state index in [4.69, 9.17) is 4.52 Å². The molecule has 1 unspecified atom stereocenters. The molecule has 1 N–H and O–H groups in total. The number of halogens is 3. The highest BCUT2D eigenvalue weighted by Gasteiger charge is 2.27. The van der Waals surface area contributed by atoms with Gasteiger partial charge < -0.3 is 9.84 Å². The van der Waals surface area contributed by atoms with Gasteiger partial charge in [-0.05, 0) is 0 Å². The molecule has 1 aromatic heterocycles. The van der Waals surface area contributed by atoms with Gasteiger partial charge in [-0.15, -0.1) is 0 Å². The maximum atomic E-state index is 12.0. The molecule has 1 aromatic rings. The standard InChI is InChI=1S/C10H14F3N3OS/c11-10(12,13)2-1-8-15-9(17-16-8)5-7-6-18-4-3-14-7/h7,14H,1-6H2. The Kier molecular flexibility index (Phi) is 4.50. The minimum Gasteiger partial charge on any atom is -0.339 e. The molecule has 0 aromatic carbocycles. The Labute approximate surface area is 107 Å². The Hall–Kier alpha value is -0.760. The van der Waals surface area contributed by atoms with Gasteiger partial charge >= 0.3 is 6.18 Å². The van der Waals surface area contributed by atoms with Gasteiger partial charge in [0.2, 0.25) is 5.89 Å². The van der Waals surface area contributed by atoms with Gasteiger partial charge in [-0.25, -0.2) is 0 Å². The summed E-state index contributed by atoms with van der Waals surface area (Å²) in [5.74, 6) is 2.58. The number of nitrogens with one attached hydrogen (secondary N) is 1. The van der Waals surface area contributed by atoms with E-state index in [-0.39, 0.29) is 18.3 Å². The molecule has 0 bridgehead atoms. The molecule has 8 heteroatoms. The third kappa shape index (κ3) is 4.49. The number of aromatic nitrogens is 2. The lowest BCUT2D eigenvalue weighted by Crippen LogP contribution is -2.38. The van der Waals surface area contributed by atoms with Crippen LogP contribution in [0.15, 0.2) is 4.52 Å². The largest absolute Gasteiger partial charge is 0.389 e. The molecule has 4 nitrogen and oxygen atoms in total. The summed E-state index contributed by atoms with van der Waals surface area (Å²) in [6, 6.07) is 0.264. The van der Waals surface area contributed by atoms with Gasteiger partial charge in [-0.1, -0.05) is 5.16 Å². The van der Waals surface area contributed by atoms with Crippen LogP contribution < -0.4 is 5.32 Å². The number of alkyl halides is 3. The van der Waals surface area contributed by atoms with Crippen LogP contribution in [0.25, 0.3) is 0 Å². The van der Waals surface area contributed by atoms with Crippen molar-refractivity contribution in [2.75, 3.05) is 18.1 Å². The number of rotatable bonds is 4. The van der Waals surface area contributed by atoms with Gasteiger partial charge in [0.1, 0.15) is 0 Å². The fourth-order valence-corrected chi connectivity index (χ4v) is 2.64. The van der Waals surface area contributed by atoms with Gasteiger partial charge in [0.25, 0.3) is 0 Å². The van der Waals surface area contributed by atoms with E-state index in [9.17, 15) is 13.2 Å². The van der Waals surface area contributed by atoms with Crippen LogP contribution in [0.4, 0.5) is 13.2 Å². The number of hydrogen-bond donors (Lipinski definition) is 1. The van der Waals surface area contributed by atoms with Crippen LogP contribution in [0.2, 0.25) is 0 Å². The van der Waals surface area contributed by atoms with E-state index in [1.54, 1.807) is 0 Å². The van der Waals surface area contributed by atoms with Crippen LogP contribution in [-0.4, -0.2) is 40.4 Å². The summed E-state index contributed by atoms with van der Waals surface area (Å²) >= 11 is 1.84. The molecule has 1 fully saturated rings. The van der Waals surface area contributed by atoms with Crippen LogP contribution in [0.3, 0.4) is 0 Å². The molecule has 102 valence electrons. The molecular weight excluding hydrogens is 267 g/mol. The zero-order valence-electron chi connectivity index (χ0n) is 9.66. The highest BCUT2D eigenvalue weighted by Crippen LogP contribution is 2.21. The molecule has 18 heavy (non-hydrogen) atoms. The fraction of sp³-hybridized carbons (Fsp3) is 0.800. The summed E-state index contributed by atoms with van der Waals surface area (Å²) in [5.41, 5.74) is 0. The smallest absolute Gasteiger partial charge is 0.339 e. The summed E-state index contributed by atoms with van der Waals surface area (Å²) in [6.07, 6.45) is -4.74. The Morgan fingerprint density at radius 2 is 2.28 bits per heavy atom. The van der Waals surface area contributed by atoms with E-state index in [1.807, 2.05) is 11.8 Å². The van der Waals surface area contributed by atoms with Crippen LogP contribution in [-0.2, 0) is 12.8 Å². The zero-order valence-corrected chi connectivity index (χ0v) is 10.5. The minimum atomic E-state index is -4.18. The first-order valence-corrected chi connectivity index (χ1v) is 6.88. The number of hydrogen-bond acceptors (Lipinski definition) is 5. The lowest BCUT2D eigenvalue weighted by molar-refractivity contribution is -0.134. The van der Waals surface area contributed by atoms with Crippen molar-refractivity contribution in [1.29, 1.82) is 0 Å². The van der Waals surface area contributed by atoms with Gasteiger partial charge in [-0.2, -0.15) is 29.9 Å². The highest BCUT2D eigenvalue weighted by atomic mass is 32.2. The Balaban J connectivity index is 1.82. The van der Waals surface area contributed by atoms with Gasteiger partial charge in [0.15, 0.2) is 5.82 Å². The molecule has 0 spiro atoms. The molecule has 0 amide bonds. The van der Waals surface area contributed by atoms with E-state index in [0.717, 1.165) is 18.1 Å². The zero-order chi connectivity index (χ0) is 13.0. The first-order valence-electron chi connectivity index (χ1n) is 5.72. The number of nitrogens with zero attached hydrogens (tertiary/aromatic N) is 2. The van der Waals surface area contributed by atoms with Crippen LogP contribution >= 0.6 is 11.8 Å². The van der Waals surface area contributed by atoms with E-state index in [0.29, 0.717) is 12.3 Å². The van der Waals surface area contributed by atoms with Crippen molar-refractivity contribution in [2.24, 2.45) is 0 Å². The van der Waals surface area contributed by atoms with E-state index in [1.165, 1.54) is 0 Å². The minimum absolute atomic E-state index is 0.130. The highest BCUT2D eigenvalue weighted by molar-refractivity contribution is 7.99. The summed E-state index contributed by atoms with van der Waals surface area (Å²) in [5, 5.41) is 6.87. The average Bonchev–Trinajstić information content (AvgIpc) is 2.75. The van der Waals surface area contributed by atoms with Crippen molar-refractivity contribution in [2.45, 2.75) is 31.5 Å². The summed E-state index contributed by atoms with van der Waals surface area (Å²) < 4.78 is 41.0. The summed E-state index contributed by atoms with van der Waals surface area (Å²) in [4.78, 5) is 3.98. The van der Waals surface area contributed by atoms with Gasteiger partial charge in [-0.3, -0.25) is 0 Å². The monoisotopic (exact) mass is 281 g/mol.